The van der Waals surface area contributed by atoms with Crippen LogP contribution in [0.2, 0.25) is 0 Å². The molecule has 1 amide bonds. The van der Waals surface area contributed by atoms with Crippen molar-refractivity contribution >= 4 is 22.9 Å². The Morgan fingerprint density at radius 2 is 2.09 bits per heavy atom. The number of hydrogen-bond acceptors (Lipinski definition) is 5. The number of aliphatic hydroxyl groups is 1. The first-order valence-electron chi connectivity index (χ1n) is 6.77. The Kier molecular flexibility index (Phi) is 3.38. The fourth-order valence-corrected chi connectivity index (χ4v) is 2.88. The van der Waals surface area contributed by atoms with E-state index in [9.17, 15) is 14.7 Å². The first-order chi connectivity index (χ1) is 10.5. The van der Waals surface area contributed by atoms with E-state index in [1.807, 2.05) is 30.3 Å². The topological polar surface area (TPSA) is 81.0 Å². The maximum absolute atomic E-state index is 12.7. The molecular weight excluding hydrogens is 288 g/mol. The number of fused-ring (bicyclic) bond motifs is 3. The highest BCUT2D eigenvalue weighted by Crippen LogP contribution is 2.33. The average Bonchev–Trinajstić information content (AvgIpc) is 2.84. The number of hydrogen-bond donors (Lipinski definition) is 1. The zero-order chi connectivity index (χ0) is 15.9. The van der Waals surface area contributed by atoms with E-state index in [1.54, 1.807) is 0 Å². The molecule has 116 valence electrons. The number of hydroxylamine groups is 2. The minimum absolute atomic E-state index is 0.0658. The largest absolute Gasteiger partial charge is 0.469 e. The Morgan fingerprint density at radius 3 is 2.77 bits per heavy atom. The van der Waals surface area contributed by atoms with E-state index in [-0.39, 0.29) is 12.8 Å². The number of carbonyl (C=O) groups is 2. The summed E-state index contributed by atoms with van der Waals surface area (Å²) < 4.78 is 6.07. The fraction of sp³-hybridized carbons (Fsp3) is 0.333. The van der Waals surface area contributed by atoms with Crippen molar-refractivity contribution in [3.8, 4) is 0 Å². The molecule has 1 atom stereocenters. The maximum atomic E-state index is 12.7. The van der Waals surface area contributed by atoms with E-state index in [0.29, 0.717) is 5.69 Å². The van der Waals surface area contributed by atoms with E-state index in [4.69, 9.17) is 4.84 Å². The average molecular weight is 304 g/mol. The highest BCUT2D eigenvalue weighted by atomic mass is 16.7. The minimum Gasteiger partial charge on any atom is -0.469 e. The van der Waals surface area contributed by atoms with Crippen molar-refractivity contribution in [2.24, 2.45) is 0 Å². The molecule has 0 saturated heterocycles. The molecule has 0 fully saturated rings. The van der Waals surface area contributed by atoms with Gasteiger partial charge in [-0.05, 0) is 12.1 Å². The molecule has 7 heteroatoms. The molecule has 0 bridgehead atoms. The maximum Gasteiger partial charge on any atom is 0.355 e. The molecule has 0 spiro atoms. The summed E-state index contributed by atoms with van der Waals surface area (Å²) in [6, 6.07) is 8.67. The van der Waals surface area contributed by atoms with Crippen LogP contribution in [0.15, 0.2) is 30.3 Å². The van der Waals surface area contributed by atoms with Gasteiger partial charge in [0.15, 0.2) is 5.72 Å². The van der Waals surface area contributed by atoms with Crippen LogP contribution in [-0.4, -0.2) is 46.7 Å². The van der Waals surface area contributed by atoms with Crippen molar-refractivity contribution in [3.05, 3.63) is 36.0 Å². The molecule has 22 heavy (non-hydrogen) atoms. The fourth-order valence-electron chi connectivity index (χ4n) is 2.88. The van der Waals surface area contributed by atoms with Crippen LogP contribution < -0.4 is 0 Å². The summed E-state index contributed by atoms with van der Waals surface area (Å²) in [4.78, 5) is 29.3. The van der Waals surface area contributed by atoms with E-state index in [2.05, 4.69) is 4.74 Å². The molecule has 1 N–H and O–H groups in total. The van der Waals surface area contributed by atoms with Crippen LogP contribution in [0.1, 0.15) is 12.1 Å². The van der Waals surface area contributed by atoms with Gasteiger partial charge in [-0.2, -0.15) is 5.06 Å². The Labute approximate surface area is 126 Å². The molecule has 2 heterocycles. The lowest BCUT2D eigenvalue weighted by Gasteiger charge is -2.40. The first kappa shape index (κ1) is 14.6. The number of para-hydroxylation sites is 1. The van der Waals surface area contributed by atoms with E-state index < -0.39 is 17.7 Å². The summed E-state index contributed by atoms with van der Waals surface area (Å²) >= 11 is 0. The monoisotopic (exact) mass is 304 g/mol. The number of methoxy groups -OCH3 is 1. The number of amides is 1. The predicted octanol–water partition coefficient (Wildman–Crippen LogP) is 1.28. The minimum atomic E-state index is -1.77. The van der Waals surface area contributed by atoms with Crippen LogP contribution in [0.3, 0.4) is 0 Å². The zero-order valence-corrected chi connectivity index (χ0v) is 12.3. The molecular formula is C15H16N2O5. The van der Waals surface area contributed by atoms with Gasteiger partial charge in [-0.1, -0.05) is 18.2 Å². The second kappa shape index (κ2) is 5.11. The van der Waals surface area contributed by atoms with Gasteiger partial charge < -0.3 is 9.84 Å². The van der Waals surface area contributed by atoms with Crippen LogP contribution in [0.5, 0.6) is 0 Å². The summed E-state index contributed by atoms with van der Waals surface area (Å²) in [7, 11) is 2.50. The number of benzene rings is 1. The number of nitrogens with zero attached hydrogens (tertiary/aromatic N) is 2. The molecule has 2 aromatic rings. The Balaban J connectivity index is 2.12. The van der Waals surface area contributed by atoms with Crippen molar-refractivity contribution < 1.29 is 24.3 Å². The highest BCUT2D eigenvalue weighted by Gasteiger charge is 2.47. The van der Waals surface area contributed by atoms with E-state index in [0.717, 1.165) is 16.0 Å². The second-order valence-corrected chi connectivity index (χ2v) is 5.20. The molecule has 1 unspecified atom stereocenters. The quantitative estimate of drug-likeness (QED) is 0.864. The summed E-state index contributed by atoms with van der Waals surface area (Å²) in [5.41, 5.74) is -0.431. The Hall–Kier alpha value is -2.38. The summed E-state index contributed by atoms with van der Waals surface area (Å²) in [5.74, 6) is -0.623. The summed E-state index contributed by atoms with van der Waals surface area (Å²) in [5, 5.41) is 12.4. The van der Waals surface area contributed by atoms with Gasteiger partial charge in [0.25, 0.3) is 0 Å². The molecule has 1 aliphatic rings. The SMILES string of the molecule is COC(=O)CC1(O)Cc2cc3ccccc3n2C(=O)N1OC. The Bertz CT molecular complexity index is 753. The van der Waals surface area contributed by atoms with Crippen LogP contribution in [0.25, 0.3) is 10.9 Å². The summed E-state index contributed by atoms with van der Waals surface area (Å²) in [6.45, 7) is 0. The Morgan fingerprint density at radius 1 is 1.36 bits per heavy atom. The number of ether oxygens (including phenoxy) is 1. The van der Waals surface area contributed by atoms with Crippen LogP contribution in [0.4, 0.5) is 4.79 Å². The molecule has 1 aliphatic heterocycles. The normalized spacial score (nSPS) is 21.0. The molecule has 0 radical (unpaired) electrons. The highest BCUT2D eigenvalue weighted by molar-refractivity contribution is 5.94. The molecule has 3 rings (SSSR count). The van der Waals surface area contributed by atoms with Gasteiger partial charge in [0, 0.05) is 17.5 Å². The van der Waals surface area contributed by atoms with Crippen molar-refractivity contribution in [1.82, 2.24) is 9.63 Å². The molecule has 0 saturated carbocycles. The van der Waals surface area contributed by atoms with Crippen LogP contribution >= 0.6 is 0 Å². The van der Waals surface area contributed by atoms with Gasteiger partial charge in [0.2, 0.25) is 0 Å². The third kappa shape index (κ3) is 2.06. The van der Waals surface area contributed by atoms with Gasteiger partial charge >= 0.3 is 12.0 Å². The van der Waals surface area contributed by atoms with Gasteiger partial charge in [-0.3, -0.25) is 14.2 Å². The molecule has 0 aliphatic carbocycles. The van der Waals surface area contributed by atoms with Crippen LogP contribution in [-0.2, 0) is 20.8 Å². The standard InChI is InChI=1S/C15H16N2O5/c1-21-13(18)9-15(20)8-11-7-10-5-3-4-6-12(10)16(11)14(19)17(15)22-2/h3-7,20H,8-9H2,1-2H3. The predicted molar refractivity (Wildman–Crippen MR) is 76.9 cm³/mol. The lowest BCUT2D eigenvalue weighted by molar-refractivity contribution is -0.250. The molecule has 7 nitrogen and oxygen atoms in total. The van der Waals surface area contributed by atoms with E-state index in [1.165, 1.54) is 18.8 Å². The van der Waals surface area contributed by atoms with Crippen molar-refractivity contribution in [2.45, 2.75) is 18.6 Å². The van der Waals surface area contributed by atoms with E-state index >= 15 is 0 Å². The lowest BCUT2D eigenvalue weighted by Crippen LogP contribution is -2.58. The third-order valence-corrected chi connectivity index (χ3v) is 3.83. The third-order valence-electron chi connectivity index (χ3n) is 3.83. The van der Waals surface area contributed by atoms with Crippen molar-refractivity contribution in [1.29, 1.82) is 0 Å². The number of aromatic nitrogens is 1. The van der Waals surface area contributed by atoms with Gasteiger partial charge in [-0.15, -0.1) is 0 Å². The van der Waals surface area contributed by atoms with Crippen LogP contribution in [0, 0.1) is 0 Å². The van der Waals surface area contributed by atoms with Crippen molar-refractivity contribution in [2.75, 3.05) is 14.2 Å². The summed E-state index contributed by atoms with van der Waals surface area (Å²) in [6.07, 6.45) is -0.305. The number of esters is 1. The lowest BCUT2D eigenvalue weighted by atomic mass is 10.0. The smallest absolute Gasteiger partial charge is 0.355 e. The number of carbonyl (C=O) groups excluding carboxylic acids is 2. The first-order valence-corrected chi connectivity index (χ1v) is 6.77. The molecule has 1 aromatic carbocycles. The zero-order valence-electron chi connectivity index (χ0n) is 12.3. The van der Waals surface area contributed by atoms with Crippen molar-refractivity contribution in [3.63, 3.8) is 0 Å². The van der Waals surface area contributed by atoms with Gasteiger partial charge in [-0.25, -0.2) is 4.79 Å². The van der Waals surface area contributed by atoms with Gasteiger partial charge in [0.05, 0.1) is 26.2 Å². The second-order valence-electron chi connectivity index (χ2n) is 5.20. The number of rotatable bonds is 3. The molecule has 1 aromatic heterocycles. The van der Waals surface area contributed by atoms with Gasteiger partial charge in [0.1, 0.15) is 0 Å².